The van der Waals surface area contributed by atoms with E-state index in [1.807, 2.05) is 33.0 Å². The largest absolute Gasteiger partial charge is 0.493 e. The number of nitrogens with one attached hydrogen (secondary N) is 2. The highest BCUT2D eigenvalue weighted by molar-refractivity contribution is 5.86. The number of aliphatic carboxylic acids is 1. The van der Waals surface area contributed by atoms with Crippen LogP contribution >= 0.6 is 0 Å². The van der Waals surface area contributed by atoms with Gasteiger partial charge in [0.1, 0.15) is 11.8 Å². The summed E-state index contributed by atoms with van der Waals surface area (Å²) in [5.74, 6) is -0.420. The van der Waals surface area contributed by atoms with E-state index in [2.05, 4.69) is 20.5 Å². The zero-order chi connectivity index (χ0) is 38.2. The van der Waals surface area contributed by atoms with Gasteiger partial charge >= 0.3 is 12.1 Å². The second kappa shape index (κ2) is 17.3. The van der Waals surface area contributed by atoms with E-state index in [-0.39, 0.29) is 56.1 Å². The first-order valence-corrected chi connectivity index (χ1v) is 17.9. The molecule has 52 heavy (non-hydrogen) atoms. The Kier molecular flexibility index (Phi) is 13.4. The summed E-state index contributed by atoms with van der Waals surface area (Å²) in [4.78, 5) is 57.5. The van der Waals surface area contributed by atoms with Crippen molar-refractivity contribution in [1.82, 2.24) is 20.4 Å². The molecule has 3 amide bonds. The third-order valence-electron chi connectivity index (χ3n) is 10.6. The topological polar surface area (TPSA) is 231 Å². The van der Waals surface area contributed by atoms with E-state index in [1.54, 1.807) is 13.2 Å². The molecule has 288 valence electrons. The van der Waals surface area contributed by atoms with Crippen LogP contribution in [0.1, 0.15) is 76.3 Å². The van der Waals surface area contributed by atoms with Crippen molar-refractivity contribution in [2.24, 2.45) is 16.5 Å². The van der Waals surface area contributed by atoms with Crippen LogP contribution in [0, 0.1) is 6.92 Å². The highest BCUT2D eigenvalue weighted by Gasteiger charge is 2.69. The predicted octanol–water partition coefficient (Wildman–Crippen LogP) is 1.50. The summed E-state index contributed by atoms with van der Waals surface area (Å²) in [7, 11) is 3.55. The molecule has 0 aromatic heterocycles. The van der Waals surface area contributed by atoms with E-state index < -0.39 is 41.1 Å². The lowest BCUT2D eigenvalue weighted by Crippen LogP contribution is -2.71. The number of carbonyl (C=O) groups is 4. The predicted molar refractivity (Wildman–Crippen MR) is 193 cm³/mol. The van der Waals surface area contributed by atoms with E-state index in [9.17, 15) is 24.3 Å². The SMILES string of the molecule is COc1ccc(C)c2c1O[C@H]1C(OC(=O)N(CCCCCC(=O)O)CCNC(=O)[C@H](CCCN=C(N)N)NC(C)=O)=CC[C@@]3(O)[C@@H](C)N(C)CC[C@]213. The Morgan fingerprint density at radius 3 is 2.60 bits per heavy atom. The molecular formula is C36H55N7O9. The lowest BCUT2D eigenvalue weighted by Gasteiger charge is -2.58. The van der Waals surface area contributed by atoms with Gasteiger partial charge in [0.05, 0.1) is 18.1 Å². The number of methoxy groups -OCH3 is 1. The van der Waals surface area contributed by atoms with E-state index >= 15 is 0 Å². The first-order valence-electron chi connectivity index (χ1n) is 17.9. The number of benzene rings is 1. The molecule has 0 radical (unpaired) electrons. The zero-order valence-corrected chi connectivity index (χ0v) is 30.9. The van der Waals surface area contributed by atoms with Crippen molar-refractivity contribution >= 4 is 29.8 Å². The number of guanidine groups is 1. The van der Waals surface area contributed by atoms with Gasteiger partial charge in [-0.15, -0.1) is 0 Å². The Morgan fingerprint density at radius 1 is 1.17 bits per heavy atom. The van der Waals surface area contributed by atoms with Gasteiger partial charge in [0, 0.05) is 57.5 Å². The molecule has 8 N–H and O–H groups in total. The van der Waals surface area contributed by atoms with Crippen LogP contribution in [0.4, 0.5) is 4.79 Å². The first-order chi connectivity index (χ1) is 24.7. The van der Waals surface area contributed by atoms with Crippen molar-refractivity contribution in [2.75, 3.05) is 46.9 Å². The smallest absolute Gasteiger partial charge is 0.415 e. The molecule has 3 aliphatic rings. The standard InChI is InChI=1S/C36H55N7O9/c1-22-12-13-26(50-5)30-29(22)35-16-20-42(4)23(2)36(35,49)15-14-27(31(35)52-30)51-34(48)43(19-8-6-7-11-28(45)46)21-18-39-32(47)25(41-24(3)44)10-9-17-40-33(37)38/h12-14,23,25,31,49H,6-11,15-21H2,1-5H3,(H,39,47)(H,41,44)(H,45,46)(H4,37,38,40)/t23-,25+,31+,35+,36-/m1/s1. The Balaban J connectivity index is 1.54. The molecule has 2 heterocycles. The van der Waals surface area contributed by atoms with Crippen LogP contribution in [0.3, 0.4) is 0 Å². The summed E-state index contributed by atoms with van der Waals surface area (Å²) < 4.78 is 18.5. The maximum absolute atomic E-state index is 14.0. The minimum atomic E-state index is -1.25. The molecule has 16 nitrogen and oxygen atoms in total. The highest BCUT2D eigenvalue weighted by Crippen LogP contribution is 2.62. The summed E-state index contributed by atoms with van der Waals surface area (Å²) >= 11 is 0. The van der Waals surface area contributed by atoms with Crippen molar-refractivity contribution in [1.29, 1.82) is 0 Å². The fourth-order valence-corrected chi connectivity index (χ4v) is 7.83. The summed E-state index contributed by atoms with van der Waals surface area (Å²) in [5, 5.41) is 27.1. The average Bonchev–Trinajstić information content (AvgIpc) is 3.45. The number of carboxylic acids is 1. The molecule has 1 aromatic rings. The van der Waals surface area contributed by atoms with E-state index in [0.717, 1.165) is 11.1 Å². The Labute approximate surface area is 304 Å². The number of aryl methyl sites for hydroxylation is 1. The number of likely N-dealkylation sites (tertiary alicyclic amines) is 1. The van der Waals surface area contributed by atoms with Crippen LogP contribution in [0.25, 0.3) is 0 Å². The van der Waals surface area contributed by atoms with Crippen molar-refractivity contribution in [2.45, 2.75) is 101 Å². The molecular weight excluding hydrogens is 674 g/mol. The molecule has 0 unspecified atom stereocenters. The number of aliphatic hydroxyl groups is 1. The Hall–Kier alpha value is -4.57. The molecule has 1 aromatic carbocycles. The summed E-state index contributed by atoms with van der Waals surface area (Å²) in [6.45, 7) is 6.64. The molecule has 16 heteroatoms. The fraction of sp³-hybridized carbons (Fsp3) is 0.639. The van der Waals surface area contributed by atoms with Crippen LogP contribution in [0.2, 0.25) is 0 Å². The van der Waals surface area contributed by atoms with Gasteiger partial charge in [0.2, 0.25) is 11.8 Å². The fourth-order valence-electron chi connectivity index (χ4n) is 7.83. The minimum Gasteiger partial charge on any atom is -0.493 e. The van der Waals surface area contributed by atoms with E-state index in [1.165, 1.54) is 11.8 Å². The summed E-state index contributed by atoms with van der Waals surface area (Å²) in [6, 6.07) is 2.71. The van der Waals surface area contributed by atoms with Gasteiger partial charge in [-0.2, -0.15) is 0 Å². The number of ether oxygens (including phenoxy) is 3. The minimum absolute atomic E-state index is 0.0160. The van der Waals surface area contributed by atoms with Crippen molar-refractivity contribution < 1.29 is 43.6 Å². The van der Waals surface area contributed by atoms with E-state index in [0.29, 0.717) is 63.1 Å². The van der Waals surface area contributed by atoms with Crippen molar-refractivity contribution in [3.8, 4) is 11.5 Å². The second-order valence-electron chi connectivity index (χ2n) is 14.0. The molecule has 0 saturated carbocycles. The number of nitrogens with two attached hydrogens (primary N) is 2. The van der Waals surface area contributed by atoms with Gasteiger partial charge in [-0.3, -0.25) is 19.4 Å². The second-order valence-corrected chi connectivity index (χ2v) is 14.0. The average molecular weight is 730 g/mol. The Morgan fingerprint density at radius 2 is 1.92 bits per heavy atom. The lowest BCUT2D eigenvalue weighted by atomic mass is 9.54. The molecule has 1 spiro atoms. The maximum Gasteiger partial charge on any atom is 0.415 e. The van der Waals surface area contributed by atoms with Gasteiger partial charge in [-0.1, -0.05) is 12.5 Å². The van der Waals surface area contributed by atoms with Gasteiger partial charge in [-0.05, 0) is 77.2 Å². The number of aliphatic imine (C=N–C) groups is 1. The lowest BCUT2D eigenvalue weighted by molar-refractivity contribution is -0.153. The van der Waals surface area contributed by atoms with Crippen LogP contribution in [-0.4, -0.2) is 121 Å². The number of likely N-dealkylation sites (N-methyl/N-ethyl adjacent to an activating group) is 1. The molecule has 1 aliphatic carbocycles. The van der Waals surface area contributed by atoms with Crippen LogP contribution in [0.15, 0.2) is 29.0 Å². The Bertz CT molecular complexity index is 1550. The number of hydrogen-bond acceptors (Lipinski definition) is 10. The van der Waals surface area contributed by atoms with Crippen LogP contribution in [0.5, 0.6) is 11.5 Å². The number of fused-ring (bicyclic) bond motifs is 1. The third-order valence-corrected chi connectivity index (χ3v) is 10.6. The number of piperidine rings is 1. The molecule has 0 bridgehead atoms. The van der Waals surface area contributed by atoms with Crippen molar-refractivity contribution in [3.63, 3.8) is 0 Å². The molecule has 2 aliphatic heterocycles. The first kappa shape index (κ1) is 40.2. The van der Waals surface area contributed by atoms with Gasteiger partial charge < -0.3 is 56.3 Å². The number of rotatable bonds is 17. The maximum atomic E-state index is 14.0. The van der Waals surface area contributed by atoms with Gasteiger partial charge in [0.15, 0.2) is 23.6 Å². The molecule has 1 saturated heterocycles. The molecule has 1 fully saturated rings. The number of unbranched alkanes of at least 4 members (excludes halogenated alkanes) is 2. The monoisotopic (exact) mass is 729 g/mol. The number of carboxylic acid groups (broad SMARTS) is 1. The normalized spacial score (nSPS) is 23.8. The number of carbonyl (C=O) groups excluding carboxylic acids is 3. The quantitative estimate of drug-likeness (QED) is 0.0761. The zero-order valence-electron chi connectivity index (χ0n) is 30.9. The van der Waals surface area contributed by atoms with Crippen molar-refractivity contribution in [3.05, 3.63) is 35.1 Å². The third kappa shape index (κ3) is 8.55. The van der Waals surface area contributed by atoms with Crippen LogP contribution in [-0.2, 0) is 24.5 Å². The highest BCUT2D eigenvalue weighted by atomic mass is 16.6. The number of nitrogens with zero attached hydrogens (tertiary/aromatic N) is 3. The number of hydrogen-bond donors (Lipinski definition) is 6. The van der Waals surface area contributed by atoms with Gasteiger partial charge in [0.25, 0.3) is 0 Å². The summed E-state index contributed by atoms with van der Waals surface area (Å²) in [6.07, 6.45) is 3.29. The van der Waals surface area contributed by atoms with Crippen LogP contribution < -0.4 is 31.6 Å². The molecule has 5 atom stereocenters. The number of amides is 3. The molecule has 4 rings (SSSR count). The van der Waals surface area contributed by atoms with Gasteiger partial charge in [-0.25, -0.2) is 4.79 Å². The van der Waals surface area contributed by atoms with E-state index in [4.69, 9.17) is 30.8 Å². The summed E-state index contributed by atoms with van der Waals surface area (Å²) in [5.41, 5.74) is 10.4.